The molecule has 2 N–H and O–H groups in total. The Morgan fingerprint density at radius 1 is 1.35 bits per heavy atom. The predicted molar refractivity (Wildman–Crippen MR) is 67.5 cm³/mol. The lowest BCUT2D eigenvalue weighted by Crippen LogP contribution is -2.00. The summed E-state index contributed by atoms with van der Waals surface area (Å²) in [6.45, 7) is 4.55. The minimum absolute atomic E-state index is 0.157. The first-order valence-electron chi connectivity index (χ1n) is 5.91. The summed E-state index contributed by atoms with van der Waals surface area (Å²) < 4.78 is 26.8. The molecule has 0 heterocycles. The summed E-state index contributed by atoms with van der Waals surface area (Å²) in [5.41, 5.74) is 6.62. The van der Waals surface area contributed by atoms with Crippen molar-refractivity contribution in [2.24, 2.45) is 11.7 Å². The van der Waals surface area contributed by atoms with Crippen LogP contribution in [0.2, 0.25) is 0 Å². The van der Waals surface area contributed by atoms with Gasteiger partial charge >= 0.3 is 0 Å². The van der Waals surface area contributed by atoms with Crippen molar-refractivity contribution in [3.63, 3.8) is 0 Å². The molecule has 0 aliphatic rings. The van der Waals surface area contributed by atoms with Crippen LogP contribution in [0.15, 0.2) is 24.3 Å². The van der Waals surface area contributed by atoms with Crippen LogP contribution in [0.3, 0.4) is 0 Å². The number of benzene rings is 1. The number of hydrogen-bond donors (Lipinski definition) is 1. The van der Waals surface area contributed by atoms with E-state index in [1.165, 1.54) is 12.1 Å². The molecule has 0 bridgehead atoms. The fraction of sp³-hybridized carbons (Fsp3) is 0.429. The van der Waals surface area contributed by atoms with Crippen LogP contribution in [0, 0.1) is 17.6 Å². The maximum absolute atomic E-state index is 13.7. The van der Waals surface area contributed by atoms with E-state index >= 15 is 0 Å². The smallest absolute Gasteiger partial charge is 0.130 e. The van der Waals surface area contributed by atoms with E-state index in [1.807, 2.05) is 19.9 Å². The molecule has 1 aromatic carbocycles. The summed E-state index contributed by atoms with van der Waals surface area (Å²) in [4.78, 5) is 0. The third-order valence-corrected chi connectivity index (χ3v) is 2.63. The molecule has 0 aliphatic heterocycles. The molecule has 0 amide bonds. The Morgan fingerprint density at radius 3 is 2.65 bits per heavy atom. The van der Waals surface area contributed by atoms with Gasteiger partial charge in [-0.15, -0.1) is 0 Å². The molecule has 0 aromatic heterocycles. The highest BCUT2D eigenvalue weighted by atomic mass is 19.1. The van der Waals surface area contributed by atoms with Gasteiger partial charge in [0.1, 0.15) is 11.6 Å². The third kappa shape index (κ3) is 3.93. The highest BCUT2D eigenvalue weighted by molar-refractivity contribution is 5.67. The lowest BCUT2D eigenvalue weighted by atomic mass is 9.93. The summed E-state index contributed by atoms with van der Waals surface area (Å²) in [5, 5.41) is 0. The highest BCUT2D eigenvalue weighted by Crippen LogP contribution is 2.26. The van der Waals surface area contributed by atoms with Crippen molar-refractivity contribution in [2.75, 3.05) is 6.54 Å². The van der Waals surface area contributed by atoms with Crippen molar-refractivity contribution >= 4 is 5.57 Å². The van der Waals surface area contributed by atoms with E-state index in [0.29, 0.717) is 12.1 Å². The van der Waals surface area contributed by atoms with Gasteiger partial charge in [-0.05, 0) is 49.1 Å². The zero-order valence-corrected chi connectivity index (χ0v) is 10.3. The summed E-state index contributed by atoms with van der Waals surface area (Å²) in [5.74, 6) is -0.630. The Balaban J connectivity index is 3.05. The van der Waals surface area contributed by atoms with E-state index in [1.54, 1.807) is 0 Å². The Kier molecular flexibility index (Phi) is 5.29. The molecule has 17 heavy (non-hydrogen) atoms. The summed E-state index contributed by atoms with van der Waals surface area (Å²) in [7, 11) is 0. The Bertz CT molecular complexity index is 397. The fourth-order valence-electron chi connectivity index (χ4n) is 1.75. The molecule has 1 rings (SSSR count). The molecule has 1 aromatic rings. The van der Waals surface area contributed by atoms with Crippen LogP contribution in [0.25, 0.3) is 5.57 Å². The zero-order chi connectivity index (χ0) is 12.8. The van der Waals surface area contributed by atoms with Crippen molar-refractivity contribution in [2.45, 2.75) is 26.7 Å². The van der Waals surface area contributed by atoms with Gasteiger partial charge in [0.2, 0.25) is 0 Å². The normalized spacial score (nSPS) is 12.2. The molecule has 0 spiro atoms. The number of halogens is 2. The average Bonchev–Trinajstić information content (AvgIpc) is 2.28. The fourth-order valence-corrected chi connectivity index (χ4v) is 1.75. The van der Waals surface area contributed by atoms with Crippen LogP contribution in [0.4, 0.5) is 8.78 Å². The van der Waals surface area contributed by atoms with E-state index in [2.05, 4.69) is 0 Å². The minimum Gasteiger partial charge on any atom is -0.330 e. The lowest BCUT2D eigenvalue weighted by Gasteiger charge is -2.13. The van der Waals surface area contributed by atoms with E-state index in [4.69, 9.17) is 5.73 Å². The number of hydrogen-bond acceptors (Lipinski definition) is 1. The largest absolute Gasteiger partial charge is 0.330 e. The molecule has 0 unspecified atom stereocenters. The van der Waals surface area contributed by atoms with Gasteiger partial charge in [0.25, 0.3) is 0 Å². The van der Waals surface area contributed by atoms with Crippen LogP contribution in [-0.4, -0.2) is 6.54 Å². The molecule has 1 nitrogen and oxygen atoms in total. The quantitative estimate of drug-likeness (QED) is 0.778. The van der Waals surface area contributed by atoms with Gasteiger partial charge in [0.15, 0.2) is 0 Å². The average molecular weight is 239 g/mol. The summed E-state index contributed by atoms with van der Waals surface area (Å²) in [6, 6.07) is 3.56. The number of allylic oxidation sites excluding steroid dienone is 2. The second-order valence-corrected chi connectivity index (χ2v) is 4.37. The summed E-state index contributed by atoms with van der Waals surface area (Å²) in [6.07, 6.45) is 3.60. The van der Waals surface area contributed by atoms with Crippen molar-refractivity contribution < 1.29 is 8.78 Å². The standard InChI is InChI=1S/C14H19F2N/c1-10(2)12(5-3-4-8-17)13-9-11(15)6-7-14(13)16/h5-7,9-10H,3-4,8,17H2,1-2H3/b12-5+. The van der Waals surface area contributed by atoms with Gasteiger partial charge in [-0.2, -0.15) is 0 Å². The Labute approximate surface area is 101 Å². The molecule has 94 valence electrons. The van der Waals surface area contributed by atoms with Gasteiger partial charge in [-0.1, -0.05) is 19.9 Å². The number of rotatable bonds is 5. The summed E-state index contributed by atoms with van der Waals surface area (Å²) >= 11 is 0. The molecule has 0 aliphatic carbocycles. The van der Waals surface area contributed by atoms with E-state index in [-0.39, 0.29) is 11.7 Å². The van der Waals surface area contributed by atoms with Crippen molar-refractivity contribution in [3.8, 4) is 0 Å². The first-order chi connectivity index (χ1) is 8.06. The van der Waals surface area contributed by atoms with Crippen LogP contribution < -0.4 is 5.73 Å². The van der Waals surface area contributed by atoms with Gasteiger partial charge in [-0.25, -0.2) is 8.78 Å². The van der Waals surface area contributed by atoms with Crippen LogP contribution in [-0.2, 0) is 0 Å². The molecule has 0 atom stereocenters. The zero-order valence-electron chi connectivity index (χ0n) is 10.3. The predicted octanol–water partition coefficient (Wildman–Crippen LogP) is 3.74. The molecular formula is C14H19F2N. The van der Waals surface area contributed by atoms with Crippen molar-refractivity contribution in [1.82, 2.24) is 0 Å². The molecular weight excluding hydrogens is 220 g/mol. The monoisotopic (exact) mass is 239 g/mol. The van der Waals surface area contributed by atoms with Gasteiger partial charge in [0.05, 0.1) is 0 Å². The number of nitrogens with two attached hydrogens (primary N) is 1. The van der Waals surface area contributed by atoms with Gasteiger partial charge in [-0.3, -0.25) is 0 Å². The molecule has 0 saturated carbocycles. The van der Waals surface area contributed by atoms with Crippen LogP contribution in [0.1, 0.15) is 32.3 Å². The SMILES string of the molecule is CC(C)/C(=C\CCCN)c1cc(F)ccc1F. The Morgan fingerprint density at radius 2 is 2.06 bits per heavy atom. The van der Waals surface area contributed by atoms with Crippen molar-refractivity contribution in [3.05, 3.63) is 41.5 Å². The van der Waals surface area contributed by atoms with Gasteiger partial charge < -0.3 is 5.73 Å². The topological polar surface area (TPSA) is 26.0 Å². The second kappa shape index (κ2) is 6.50. The number of unbranched alkanes of at least 4 members (excludes halogenated alkanes) is 1. The molecule has 3 heteroatoms. The lowest BCUT2D eigenvalue weighted by molar-refractivity contribution is 0.594. The molecule has 0 fully saturated rings. The maximum atomic E-state index is 13.7. The maximum Gasteiger partial charge on any atom is 0.130 e. The van der Waals surface area contributed by atoms with Crippen LogP contribution in [0.5, 0.6) is 0 Å². The second-order valence-electron chi connectivity index (χ2n) is 4.37. The minimum atomic E-state index is -0.410. The Hall–Kier alpha value is -1.22. The van der Waals surface area contributed by atoms with E-state index < -0.39 is 5.82 Å². The van der Waals surface area contributed by atoms with Crippen LogP contribution >= 0.6 is 0 Å². The molecule has 0 saturated heterocycles. The van der Waals surface area contributed by atoms with E-state index in [0.717, 1.165) is 24.5 Å². The highest BCUT2D eigenvalue weighted by Gasteiger charge is 2.12. The molecule has 0 radical (unpaired) electrons. The van der Waals surface area contributed by atoms with Gasteiger partial charge in [0, 0.05) is 5.56 Å². The van der Waals surface area contributed by atoms with Crippen molar-refractivity contribution in [1.29, 1.82) is 0 Å². The third-order valence-electron chi connectivity index (χ3n) is 2.63. The first-order valence-corrected chi connectivity index (χ1v) is 5.91. The first kappa shape index (κ1) is 13.8. The van der Waals surface area contributed by atoms with E-state index in [9.17, 15) is 8.78 Å².